The Bertz CT molecular complexity index is 546. The minimum absolute atomic E-state index is 0.789. The zero-order chi connectivity index (χ0) is 13.3. The van der Waals surface area contributed by atoms with Gasteiger partial charge in [-0.2, -0.15) is 5.10 Å². The van der Waals surface area contributed by atoms with Crippen molar-refractivity contribution in [3.05, 3.63) is 26.5 Å². The Morgan fingerprint density at radius 3 is 2.78 bits per heavy atom. The fourth-order valence-electron chi connectivity index (χ4n) is 2.08. The standard InChI is InChI=1S/C12H17BrN4S/c1-4-9-11(14)12(17(3)15-9)16(2)6-8-5-10(13)18-7-8/h5,7H,4,6,14H2,1-3H3. The van der Waals surface area contributed by atoms with Crippen molar-refractivity contribution in [2.45, 2.75) is 19.9 Å². The summed E-state index contributed by atoms with van der Waals surface area (Å²) in [6, 6.07) is 2.13. The quantitative estimate of drug-likeness (QED) is 0.938. The van der Waals surface area contributed by atoms with Crippen molar-refractivity contribution in [1.29, 1.82) is 0 Å². The van der Waals surface area contributed by atoms with Crippen LogP contribution in [-0.4, -0.2) is 16.8 Å². The van der Waals surface area contributed by atoms with Crippen molar-refractivity contribution in [2.75, 3.05) is 17.7 Å². The van der Waals surface area contributed by atoms with Gasteiger partial charge in [0, 0.05) is 20.6 Å². The Morgan fingerprint density at radius 1 is 1.56 bits per heavy atom. The Hall–Kier alpha value is -1.01. The van der Waals surface area contributed by atoms with Gasteiger partial charge in [-0.25, -0.2) is 0 Å². The Labute approximate surface area is 120 Å². The van der Waals surface area contributed by atoms with Crippen LogP contribution >= 0.6 is 27.3 Å². The van der Waals surface area contributed by atoms with E-state index in [0.29, 0.717) is 0 Å². The first-order chi connectivity index (χ1) is 8.52. The van der Waals surface area contributed by atoms with Crippen molar-refractivity contribution in [1.82, 2.24) is 9.78 Å². The summed E-state index contributed by atoms with van der Waals surface area (Å²) in [5.74, 6) is 0.981. The summed E-state index contributed by atoms with van der Waals surface area (Å²) in [6.07, 6.45) is 0.859. The fraction of sp³-hybridized carbons (Fsp3) is 0.417. The van der Waals surface area contributed by atoms with Crippen molar-refractivity contribution in [3.8, 4) is 0 Å². The summed E-state index contributed by atoms with van der Waals surface area (Å²) in [6.45, 7) is 2.90. The van der Waals surface area contributed by atoms with Crippen LogP contribution in [0.5, 0.6) is 0 Å². The number of rotatable bonds is 4. The van der Waals surface area contributed by atoms with Gasteiger partial charge in [-0.1, -0.05) is 6.92 Å². The van der Waals surface area contributed by atoms with Crippen molar-refractivity contribution >= 4 is 38.8 Å². The molecule has 4 nitrogen and oxygen atoms in total. The molecule has 98 valence electrons. The van der Waals surface area contributed by atoms with E-state index in [9.17, 15) is 0 Å². The van der Waals surface area contributed by atoms with Crippen LogP contribution in [-0.2, 0) is 20.0 Å². The van der Waals surface area contributed by atoms with Gasteiger partial charge in [0.1, 0.15) is 5.82 Å². The number of aryl methyl sites for hydroxylation is 2. The minimum Gasteiger partial charge on any atom is -0.394 e. The zero-order valence-electron chi connectivity index (χ0n) is 10.8. The van der Waals surface area contributed by atoms with E-state index in [1.165, 1.54) is 5.56 Å². The van der Waals surface area contributed by atoms with Gasteiger partial charge in [0.2, 0.25) is 0 Å². The van der Waals surface area contributed by atoms with Crippen LogP contribution in [0, 0.1) is 0 Å². The highest BCUT2D eigenvalue weighted by atomic mass is 79.9. The van der Waals surface area contributed by atoms with E-state index >= 15 is 0 Å². The average Bonchev–Trinajstić information content (AvgIpc) is 2.83. The average molecular weight is 329 g/mol. The molecule has 0 amide bonds. The minimum atomic E-state index is 0.789. The maximum atomic E-state index is 6.14. The van der Waals surface area contributed by atoms with E-state index in [1.807, 2.05) is 18.8 Å². The predicted molar refractivity (Wildman–Crippen MR) is 81.1 cm³/mol. The number of thiophene rings is 1. The van der Waals surface area contributed by atoms with E-state index < -0.39 is 0 Å². The van der Waals surface area contributed by atoms with Crippen molar-refractivity contribution in [2.24, 2.45) is 7.05 Å². The number of nitrogens with two attached hydrogens (primary N) is 1. The molecule has 2 rings (SSSR count). The van der Waals surface area contributed by atoms with Crippen LogP contribution in [0.4, 0.5) is 11.5 Å². The second-order valence-electron chi connectivity index (χ2n) is 4.28. The third-order valence-electron chi connectivity index (χ3n) is 2.87. The van der Waals surface area contributed by atoms with Gasteiger partial charge in [0.25, 0.3) is 0 Å². The molecule has 0 fully saturated rings. The third kappa shape index (κ3) is 2.54. The molecular formula is C12H17BrN4S. The van der Waals surface area contributed by atoms with Gasteiger partial charge in [-0.05, 0) is 39.4 Å². The highest BCUT2D eigenvalue weighted by molar-refractivity contribution is 9.11. The molecule has 0 saturated heterocycles. The van der Waals surface area contributed by atoms with Gasteiger partial charge in [-0.15, -0.1) is 11.3 Å². The number of hydrogen-bond donors (Lipinski definition) is 1. The van der Waals surface area contributed by atoms with Crippen LogP contribution in [0.15, 0.2) is 15.2 Å². The molecule has 0 bridgehead atoms. The van der Waals surface area contributed by atoms with Crippen LogP contribution in [0.3, 0.4) is 0 Å². The molecule has 0 unspecified atom stereocenters. The smallest absolute Gasteiger partial charge is 0.150 e. The molecule has 2 heterocycles. The lowest BCUT2D eigenvalue weighted by Crippen LogP contribution is -2.20. The van der Waals surface area contributed by atoms with Gasteiger partial charge in [0.15, 0.2) is 0 Å². The zero-order valence-corrected chi connectivity index (χ0v) is 13.2. The summed E-state index contributed by atoms with van der Waals surface area (Å²) in [4.78, 5) is 2.13. The molecule has 0 spiro atoms. The van der Waals surface area contributed by atoms with Crippen LogP contribution in [0.2, 0.25) is 0 Å². The fourth-order valence-corrected chi connectivity index (χ4v) is 3.28. The van der Waals surface area contributed by atoms with E-state index in [1.54, 1.807) is 11.3 Å². The van der Waals surface area contributed by atoms with Crippen molar-refractivity contribution in [3.63, 3.8) is 0 Å². The molecule has 2 aromatic heterocycles. The SMILES string of the molecule is CCc1nn(C)c(N(C)Cc2csc(Br)c2)c1N. The molecule has 2 aromatic rings. The maximum absolute atomic E-state index is 6.14. The summed E-state index contributed by atoms with van der Waals surface area (Å²) in [5.41, 5.74) is 9.17. The molecule has 0 saturated carbocycles. The lowest BCUT2D eigenvalue weighted by Gasteiger charge is -2.19. The Balaban J connectivity index is 2.23. The van der Waals surface area contributed by atoms with Crippen LogP contribution < -0.4 is 10.6 Å². The number of hydrogen-bond acceptors (Lipinski definition) is 4. The molecule has 0 aromatic carbocycles. The molecule has 0 aliphatic rings. The highest BCUT2D eigenvalue weighted by Gasteiger charge is 2.16. The number of aromatic nitrogens is 2. The third-order valence-corrected chi connectivity index (χ3v) is 4.42. The monoisotopic (exact) mass is 328 g/mol. The normalized spacial score (nSPS) is 10.9. The van der Waals surface area contributed by atoms with Crippen molar-refractivity contribution < 1.29 is 0 Å². The predicted octanol–water partition coefficient (Wildman–Crippen LogP) is 3.03. The molecule has 0 aliphatic heterocycles. The maximum Gasteiger partial charge on any atom is 0.150 e. The molecule has 18 heavy (non-hydrogen) atoms. The van der Waals surface area contributed by atoms with E-state index in [2.05, 4.69) is 44.3 Å². The first-order valence-corrected chi connectivity index (χ1v) is 7.45. The molecule has 0 atom stereocenters. The molecule has 0 radical (unpaired) electrons. The largest absolute Gasteiger partial charge is 0.394 e. The number of nitrogen functional groups attached to an aromatic ring is 1. The van der Waals surface area contributed by atoms with Gasteiger partial charge < -0.3 is 10.6 Å². The summed E-state index contributed by atoms with van der Waals surface area (Å²) in [7, 11) is 3.98. The second kappa shape index (κ2) is 5.32. The molecule has 6 heteroatoms. The Kier molecular flexibility index (Phi) is 3.97. The van der Waals surface area contributed by atoms with E-state index in [-0.39, 0.29) is 0 Å². The van der Waals surface area contributed by atoms with Crippen LogP contribution in [0.25, 0.3) is 0 Å². The summed E-state index contributed by atoms with van der Waals surface area (Å²) in [5, 5.41) is 6.59. The van der Waals surface area contributed by atoms with E-state index in [4.69, 9.17) is 5.73 Å². The second-order valence-corrected chi connectivity index (χ2v) is 6.57. The number of anilines is 2. The molecule has 0 aliphatic carbocycles. The molecular weight excluding hydrogens is 312 g/mol. The number of nitrogens with zero attached hydrogens (tertiary/aromatic N) is 3. The number of halogens is 1. The van der Waals surface area contributed by atoms with E-state index in [0.717, 1.165) is 34.0 Å². The topological polar surface area (TPSA) is 47.1 Å². The van der Waals surface area contributed by atoms with Gasteiger partial charge in [-0.3, -0.25) is 4.68 Å². The van der Waals surface area contributed by atoms with Gasteiger partial charge >= 0.3 is 0 Å². The lowest BCUT2D eigenvalue weighted by atomic mass is 10.2. The van der Waals surface area contributed by atoms with Crippen LogP contribution in [0.1, 0.15) is 18.2 Å². The first kappa shape index (κ1) is 13.4. The Morgan fingerprint density at radius 2 is 2.28 bits per heavy atom. The summed E-state index contributed by atoms with van der Waals surface area (Å²) < 4.78 is 3.01. The summed E-state index contributed by atoms with van der Waals surface area (Å²) >= 11 is 5.18. The van der Waals surface area contributed by atoms with Gasteiger partial charge in [0.05, 0.1) is 15.2 Å². The molecule has 2 N–H and O–H groups in total. The first-order valence-electron chi connectivity index (χ1n) is 5.78. The lowest BCUT2D eigenvalue weighted by molar-refractivity contribution is 0.720. The highest BCUT2D eigenvalue weighted by Crippen LogP contribution is 2.28.